The summed E-state index contributed by atoms with van der Waals surface area (Å²) in [7, 11) is 0. The smallest absolute Gasteiger partial charge is 0.0237 e. The average molecular weight is 311 g/mol. The maximum Gasteiger partial charge on any atom is 0.0237 e. The molecule has 1 N–H and O–H groups in total. The Morgan fingerprint density at radius 1 is 1.44 bits per heavy atom. The maximum absolute atomic E-state index is 3.55. The molecule has 0 bridgehead atoms. The molecule has 1 aromatic carbocycles. The Morgan fingerprint density at radius 2 is 2.33 bits per heavy atom. The first-order valence-corrected chi connectivity index (χ1v) is 7.78. The van der Waals surface area contributed by atoms with Gasteiger partial charge < -0.3 is 5.32 Å². The van der Waals surface area contributed by atoms with Crippen LogP contribution >= 0.6 is 15.9 Å². The molecule has 3 heteroatoms. The van der Waals surface area contributed by atoms with E-state index in [0.717, 1.165) is 25.7 Å². The molecule has 0 aliphatic carbocycles. The molecule has 1 aliphatic rings. The van der Waals surface area contributed by atoms with Gasteiger partial charge in [-0.3, -0.25) is 4.90 Å². The number of benzene rings is 1. The highest BCUT2D eigenvalue weighted by Crippen LogP contribution is 2.21. The third-order valence-electron chi connectivity index (χ3n) is 3.58. The van der Waals surface area contributed by atoms with Crippen LogP contribution in [0.1, 0.15) is 31.7 Å². The summed E-state index contributed by atoms with van der Waals surface area (Å²) in [6, 6.07) is 9.39. The van der Waals surface area contributed by atoms with Gasteiger partial charge in [0.2, 0.25) is 0 Å². The van der Waals surface area contributed by atoms with E-state index in [1.165, 1.54) is 35.8 Å². The van der Waals surface area contributed by atoms with Gasteiger partial charge in [0.25, 0.3) is 0 Å². The van der Waals surface area contributed by atoms with E-state index >= 15 is 0 Å². The first-order chi connectivity index (χ1) is 8.79. The van der Waals surface area contributed by atoms with Gasteiger partial charge in [-0.25, -0.2) is 0 Å². The minimum Gasteiger partial charge on any atom is -0.315 e. The second-order valence-electron chi connectivity index (χ2n) is 5.10. The predicted octanol–water partition coefficient (Wildman–Crippen LogP) is 3.41. The van der Waals surface area contributed by atoms with Crippen LogP contribution in [0.2, 0.25) is 0 Å². The molecular formula is C15H23BrN2. The average Bonchev–Trinajstić information content (AvgIpc) is 2.77. The van der Waals surface area contributed by atoms with Crippen molar-refractivity contribution in [2.45, 2.75) is 38.8 Å². The number of hydrogen-bond donors (Lipinski definition) is 1. The Kier molecular flexibility index (Phi) is 5.67. The van der Waals surface area contributed by atoms with E-state index in [9.17, 15) is 0 Å². The molecule has 0 aromatic heterocycles. The lowest BCUT2D eigenvalue weighted by atomic mass is 10.2. The number of hydrogen-bond acceptors (Lipinski definition) is 2. The molecule has 0 amide bonds. The molecule has 100 valence electrons. The van der Waals surface area contributed by atoms with Crippen molar-refractivity contribution in [2.75, 3.05) is 19.6 Å². The van der Waals surface area contributed by atoms with Crippen LogP contribution in [0.25, 0.3) is 0 Å². The Labute approximate surface area is 119 Å². The zero-order valence-electron chi connectivity index (χ0n) is 11.2. The van der Waals surface area contributed by atoms with Crippen LogP contribution in [0.3, 0.4) is 0 Å². The number of nitrogens with zero attached hydrogens (tertiary/aromatic N) is 1. The van der Waals surface area contributed by atoms with Crippen LogP contribution in [0.5, 0.6) is 0 Å². The van der Waals surface area contributed by atoms with E-state index in [2.05, 4.69) is 57.3 Å². The molecule has 1 saturated heterocycles. The lowest BCUT2D eigenvalue weighted by Gasteiger charge is -2.25. The summed E-state index contributed by atoms with van der Waals surface area (Å²) in [4.78, 5) is 2.62. The second-order valence-corrected chi connectivity index (χ2v) is 6.02. The summed E-state index contributed by atoms with van der Waals surface area (Å²) < 4.78 is 1.18. The fourth-order valence-electron chi connectivity index (χ4n) is 2.65. The fourth-order valence-corrected chi connectivity index (χ4v) is 3.10. The van der Waals surface area contributed by atoms with Gasteiger partial charge in [0.15, 0.2) is 0 Å². The molecule has 0 saturated carbocycles. The Balaban J connectivity index is 1.87. The molecule has 1 fully saturated rings. The standard InChI is InChI=1S/C15H23BrN2/c1-2-8-17-11-15-7-4-9-18(15)12-13-5-3-6-14(16)10-13/h3,5-6,10,15,17H,2,4,7-9,11-12H2,1H3. The number of halogens is 1. The van der Waals surface area contributed by atoms with Crippen molar-refractivity contribution in [3.8, 4) is 0 Å². The van der Waals surface area contributed by atoms with Crippen molar-refractivity contribution < 1.29 is 0 Å². The van der Waals surface area contributed by atoms with E-state index in [0.29, 0.717) is 0 Å². The SMILES string of the molecule is CCCNCC1CCCN1Cc1cccc(Br)c1. The van der Waals surface area contributed by atoms with E-state index in [1.807, 2.05) is 0 Å². The van der Waals surface area contributed by atoms with Gasteiger partial charge in [-0.2, -0.15) is 0 Å². The van der Waals surface area contributed by atoms with Crippen molar-refractivity contribution in [2.24, 2.45) is 0 Å². The first kappa shape index (κ1) is 14.0. The minimum atomic E-state index is 0.718. The number of nitrogens with one attached hydrogen (secondary N) is 1. The summed E-state index contributed by atoms with van der Waals surface area (Å²) in [6.45, 7) is 6.83. The minimum absolute atomic E-state index is 0.718. The summed E-state index contributed by atoms with van der Waals surface area (Å²) >= 11 is 3.55. The van der Waals surface area contributed by atoms with Gasteiger partial charge in [-0.15, -0.1) is 0 Å². The number of likely N-dealkylation sites (tertiary alicyclic amines) is 1. The van der Waals surface area contributed by atoms with Crippen molar-refractivity contribution in [1.82, 2.24) is 10.2 Å². The largest absolute Gasteiger partial charge is 0.315 e. The van der Waals surface area contributed by atoms with Crippen molar-refractivity contribution in [3.05, 3.63) is 34.3 Å². The molecule has 18 heavy (non-hydrogen) atoms. The summed E-state index contributed by atoms with van der Waals surface area (Å²) in [5.74, 6) is 0. The third kappa shape index (κ3) is 4.08. The molecule has 0 radical (unpaired) electrons. The molecule has 1 aromatic rings. The molecule has 2 nitrogen and oxygen atoms in total. The van der Waals surface area contributed by atoms with Crippen LogP contribution in [-0.2, 0) is 6.54 Å². The Bertz CT molecular complexity index is 367. The second kappa shape index (κ2) is 7.27. The summed E-state index contributed by atoms with van der Waals surface area (Å²) in [5, 5.41) is 3.55. The fraction of sp³-hybridized carbons (Fsp3) is 0.600. The highest BCUT2D eigenvalue weighted by Gasteiger charge is 2.23. The number of rotatable bonds is 6. The van der Waals surface area contributed by atoms with Gasteiger partial charge >= 0.3 is 0 Å². The molecular weight excluding hydrogens is 288 g/mol. The van der Waals surface area contributed by atoms with Crippen molar-refractivity contribution >= 4 is 15.9 Å². The van der Waals surface area contributed by atoms with Gasteiger partial charge in [-0.1, -0.05) is 35.0 Å². The van der Waals surface area contributed by atoms with E-state index < -0.39 is 0 Å². The Hall–Kier alpha value is -0.380. The highest BCUT2D eigenvalue weighted by atomic mass is 79.9. The molecule has 1 aliphatic heterocycles. The van der Waals surface area contributed by atoms with Crippen molar-refractivity contribution in [1.29, 1.82) is 0 Å². The first-order valence-electron chi connectivity index (χ1n) is 6.99. The zero-order chi connectivity index (χ0) is 12.8. The van der Waals surface area contributed by atoms with Crippen LogP contribution in [0.4, 0.5) is 0 Å². The van der Waals surface area contributed by atoms with Crippen LogP contribution in [0, 0.1) is 0 Å². The molecule has 2 rings (SSSR count). The van der Waals surface area contributed by atoms with Gasteiger partial charge in [0, 0.05) is 23.6 Å². The van der Waals surface area contributed by atoms with E-state index in [1.54, 1.807) is 0 Å². The predicted molar refractivity (Wildman–Crippen MR) is 80.7 cm³/mol. The van der Waals surface area contributed by atoms with E-state index in [4.69, 9.17) is 0 Å². The normalized spacial score (nSPS) is 20.4. The molecule has 0 spiro atoms. The molecule has 1 unspecified atom stereocenters. The van der Waals surface area contributed by atoms with Crippen LogP contribution in [-0.4, -0.2) is 30.6 Å². The Morgan fingerprint density at radius 3 is 3.11 bits per heavy atom. The summed E-state index contributed by atoms with van der Waals surface area (Å²) in [5.41, 5.74) is 1.41. The van der Waals surface area contributed by atoms with E-state index in [-0.39, 0.29) is 0 Å². The lowest BCUT2D eigenvalue weighted by molar-refractivity contribution is 0.239. The monoisotopic (exact) mass is 310 g/mol. The van der Waals surface area contributed by atoms with Gasteiger partial charge in [0.05, 0.1) is 0 Å². The van der Waals surface area contributed by atoms with Gasteiger partial charge in [0.1, 0.15) is 0 Å². The maximum atomic E-state index is 3.55. The van der Waals surface area contributed by atoms with Crippen LogP contribution < -0.4 is 5.32 Å². The summed E-state index contributed by atoms with van der Waals surface area (Å²) in [6.07, 6.45) is 3.90. The van der Waals surface area contributed by atoms with Gasteiger partial charge in [-0.05, 0) is 50.0 Å². The quantitative estimate of drug-likeness (QED) is 0.810. The lowest BCUT2D eigenvalue weighted by Crippen LogP contribution is -2.37. The molecule has 1 atom stereocenters. The molecule has 1 heterocycles. The zero-order valence-corrected chi connectivity index (χ0v) is 12.7. The van der Waals surface area contributed by atoms with Crippen molar-refractivity contribution in [3.63, 3.8) is 0 Å². The topological polar surface area (TPSA) is 15.3 Å². The highest BCUT2D eigenvalue weighted by molar-refractivity contribution is 9.10. The third-order valence-corrected chi connectivity index (χ3v) is 4.07. The van der Waals surface area contributed by atoms with Crippen LogP contribution in [0.15, 0.2) is 28.7 Å².